The summed E-state index contributed by atoms with van der Waals surface area (Å²) in [5, 5.41) is 9.73. The van der Waals surface area contributed by atoms with E-state index in [2.05, 4.69) is 15.9 Å². The Balaban J connectivity index is 2.95. The first-order chi connectivity index (χ1) is 8.73. The van der Waals surface area contributed by atoms with Crippen LogP contribution in [0.4, 0.5) is 0 Å². The van der Waals surface area contributed by atoms with Crippen molar-refractivity contribution in [3.8, 4) is 0 Å². The van der Waals surface area contributed by atoms with Crippen LogP contribution in [-0.2, 0) is 21.3 Å². The van der Waals surface area contributed by atoms with Gasteiger partial charge in [-0.25, -0.2) is 4.79 Å². The van der Waals surface area contributed by atoms with Crippen LogP contribution in [0, 0.1) is 0 Å². The van der Waals surface area contributed by atoms with Crippen LogP contribution in [0.15, 0.2) is 18.2 Å². The number of carbonyl (C=O) groups excluding carboxylic acids is 1. The molecule has 0 spiro atoms. The maximum atomic E-state index is 11.7. The minimum absolute atomic E-state index is 0.0402. The highest BCUT2D eigenvalue weighted by atomic mass is 79.9. The van der Waals surface area contributed by atoms with Crippen LogP contribution in [-0.4, -0.2) is 22.6 Å². The number of ether oxygens (including phenoxy) is 1. The standard InChI is InChI=1S/C14H17BrO4/c1-14(2,3)19-12(16)7-10-5-4-9(8-15)6-11(10)13(17)18/h4-6H,7-8H2,1-3H3,(H,17,18). The summed E-state index contributed by atoms with van der Waals surface area (Å²) in [6.45, 7) is 5.32. The van der Waals surface area contributed by atoms with Gasteiger partial charge in [-0.15, -0.1) is 0 Å². The second kappa shape index (κ2) is 6.19. The maximum absolute atomic E-state index is 11.7. The van der Waals surface area contributed by atoms with Crippen molar-refractivity contribution in [2.75, 3.05) is 0 Å². The van der Waals surface area contributed by atoms with E-state index in [9.17, 15) is 9.59 Å². The molecule has 1 N–H and O–H groups in total. The van der Waals surface area contributed by atoms with Gasteiger partial charge in [-0.2, -0.15) is 0 Å². The van der Waals surface area contributed by atoms with Crippen molar-refractivity contribution >= 4 is 27.9 Å². The summed E-state index contributed by atoms with van der Waals surface area (Å²) in [4.78, 5) is 22.9. The Hall–Kier alpha value is -1.36. The third-order valence-electron chi connectivity index (χ3n) is 2.31. The predicted octanol–water partition coefficient (Wildman–Crippen LogP) is 3.16. The van der Waals surface area contributed by atoms with Gasteiger partial charge in [0.25, 0.3) is 0 Å². The lowest BCUT2D eigenvalue weighted by molar-refractivity contribution is -0.153. The summed E-state index contributed by atoms with van der Waals surface area (Å²) in [7, 11) is 0. The molecule has 0 aliphatic carbocycles. The molecular weight excluding hydrogens is 312 g/mol. The van der Waals surface area contributed by atoms with Crippen LogP contribution >= 0.6 is 15.9 Å². The van der Waals surface area contributed by atoms with Gasteiger partial charge in [0, 0.05) is 5.33 Å². The molecule has 1 aromatic carbocycles. The van der Waals surface area contributed by atoms with Gasteiger partial charge >= 0.3 is 11.9 Å². The molecule has 0 bridgehead atoms. The number of carboxylic acid groups (broad SMARTS) is 1. The fourth-order valence-electron chi connectivity index (χ4n) is 1.59. The lowest BCUT2D eigenvalue weighted by atomic mass is 10.0. The average molecular weight is 329 g/mol. The monoisotopic (exact) mass is 328 g/mol. The fourth-order valence-corrected chi connectivity index (χ4v) is 1.94. The Morgan fingerprint density at radius 2 is 1.95 bits per heavy atom. The lowest BCUT2D eigenvalue weighted by Gasteiger charge is -2.19. The first-order valence-corrected chi connectivity index (χ1v) is 6.98. The molecule has 0 aliphatic heterocycles. The molecular formula is C14H17BrO4. The van der Waals surface area contributed by atoms with E-state index >= 15 is 0 Å². The maximum Gasteiger partial charge on any atom is 0.335 e. The van der Waals surface area contributed by atoms with Crippen molar-refractivity contribution in [1.29, 1.82) is 0 Å². The molecule has 0 radical (unpaired) electrons. The summed E-state index contributed by atoms with van der Waals surface area (Å²) < 4.78 is 5.19. The zero-order chi connectivity index (χ0) is 14.6. The minimum Gasteiger partial charge on any atom is -0.478 e. The third-order valence-corrected chi connectivity index (χ3v) is 2.96. The zero-order valence-corrected chi connectivity index (χ0v) is 12.8. The number of carbonyl (C=O) groups is 2. The lowest BCUT2D eigenvalue weighted by Crippen LogP contribution is -2.25. The summed E-state index contributed by atoms with van der Waals surface area (Å²) in [5.74, 6) is -1.47. The number of esters is 1. The smallest absolute Gasteiger partial charge is 0.335 e. The van der Waals surface area contributed by atoms with Crippen molar-refractivity contribution in [3.63, 3.8) is 0 Å². The van der Waals surface area contributed by atoms with Crippen molar-refractivity contribution in [2.24, 2.45) is 0 Å². The summed E-state index contributed by atoms with van der Waals surface area (Å²) in [6.07, 6.45) is -0.0402. The second-order valence-electron chi connectivity index (χ2n) is 5.19. The van der Waals surface area contributed by atoms with Crippen LogP contribution in [0.1, 0.15) is 42.3 Å². The van der Waals surface area contributed by atoms with Gasteiger partial charge in [-0.05, 0) is 38.0 Å². The number of alkyl halides is 1. The van der Waals surface area contributed by atoms with Crippen molar-refractivity contribution < 1.29 is 19.4 Å². The van der Waals surface area contributed by atoms with E-state index in [0.717, 1.165) is 5.56 Å². The Morgan fingerprint density at radius 1 is 1.32 bits per heavy atom. The van der Waals surface area contributed by atoms with Gasteiger partial charge in [0.15, 0.2) is 0 Å². The number of hydrogen-bond donors (Lipinski definition) is 1. The molecule has 0 atom stereocenters. The van der Waals surface area contributed by atoms with Crippen molar-refractivity contribution in [2.45, 2.75) is 38.1 Å². The fraction of sp³-hybridized carbons (Fsp3) is 0.429. The second-order valence-corrected chi connectivity index (χ2v) is 5.75. The van der Waals surface area contributed by atoms with Crippen LogP contribution in [0.2, 0.25) is 0 Å². The van der Waals surface area contributed by atoms with E-state index in [1.54, 1.807) is 39.0 Å². The van der Waals surface area contributed by atoms with Crippen LogP contribution in [0.25, 0.3) is 0 Å². The first-order valence-electron chi connectivity index (χ1n) is 5.86. The molecule has 0 aliphatic rings. The van der Waals surface area contributed by atoms with Crippen LogP contribution in [0.3, 0.4) is 0 Å². The molecule has 0 saturated heterocycles. The highest BCUT2D eigenvalue weighted by molar-refractivity contribution is 9.08. The third kappa shape index (κ3) is 5.03. The normalized spacial score (nSPS) is 11.2. The van der Waals surface area contributed by atoms with Gasteiger partial charge in [-0.1, -0.05) is 28.1 Å². The van der Waals surface area contributed by atoms with Crippen molar-refractivity contribution in [1.82, 2.24) is 0 Å². The Bertz CT molecular complexity index is 489. The molecule has 104 valence electrons. The number of benzene rings is 1. The molecule has 0 unspecified atom stereocenters. The average Bonchev–Trinajstić information content (AvgIpc) is 2.26. The number of carboxylic acids is 1. The van der Waals surface area contributed by atoms with Gasteiger partial charge in [0.1, 0.15) is 5.60 Å². The van der Waals surface area contributed by atoms with Gasteiger partial charge in [-0.3, -0.25) is 4.79 Å². The predicted molar refractivity (Wildman–Crippen MR) is 75.6 cm³/mol. The topological polar surface area (TPSA) is 63.6 Å². The number of rotatable bonds is 4. The molecule has 4 nitrogen and oxygen atoms in total. The summed E-state index contributed by atoms with van der Waals surface area (Å²) in [5.41, 5.74) is 0.885. The van der Waals surface area contributed by atoms with Crippen LogP contribution < -0.4 is 0 Å². The summed E-state index contributed by atoms with van der Waals surface area (Å²) >= 11 is 3.27. The Kier molecular flexibility index (Phi) is 5.11. The highest BCUT2D eigenvalue weighted by Gasteiger charge is 2.19. The van der Waals surface area contributed by atoms with Gasteiger partial charge in [0.2, 0.25) is 0 Å². The number of hydrogen-bond acceptors (Lipinski definition) is 3. The SMILES string of the molecule is CC(C)(C)OC(=O)Cc1ccc(CBr)cc1C(=O)O. The highest BCUT2D eigenvalue weighted by Crippen LogP contribution is 2.17. The van der Waals surface area contributed by atoms with Gasteiger partial charge in [0.05, 0.1) is 12.0 Å². The molecule has 0 saturated carbocycles. The van der Waals surface area contributed by atoms with Gasteiger partial charge < -0.3 is 9.84 Å². The Morgan fingerprint density at radius 3 is 2.42 bits per heavy atom. The van der Waals surface area contributed by atoms with Crippen LogP contribution in [0.5, 0.6) is 0 Å². The zero-order valence-electron chi connectivity index (χ0n) is 11.2. The molecule has 19 heavy (non-hydrogen) atoms. The number of halogens is 1. The summed E-state index contributed by atoms with van der Waals surface area (Å²) in [6, 6.07) is 5.02. The molecule has 1 aromatic rings. The first kappa shape index (κ1) is 15.7. The van der Waals surface area contributed by atoms with E-state index in [4.69, 9.17) is 9.84 Å². The number of aromatic carboxylic acids is 1. The molecule has 1 rings (SSSR count). The molecule has 0 amide bonds. The quantitative estimate of drug-likeness (QED) is 0.681. The molecule has 0 heterocycles. The minimum atomic E-state index is -1.04. The molecule has 5 heteroatoms. The van der Waals surface area contributed by atoms with E-state index in [1.165, 1.54) is 0 Å². The Labute approximate surface area is 120 Å². The largest absolute Gasteiger partial charge is 0.478 e. The van der Waals surface area contributed by atoms with E-state index in [0.29, 0.717) is 10.9 Å². The molecule has 0 aromatic heterocycles. The van der Waals surface area contributed by atoms with E-state index < -0.39 is 17.5 Å². The van der Waals surface area contributed by atoms with E-state index in [1.807, 2.05) is 0 Å². The van der Waals surface area contributed by atoms with Crippen molar-refractivity contribution in [3.05, 3.63) is 34.9 Å². The molecule has 0 fully saturated rings. The van der Waals surface area contributed by atoms with E-state index in [-0.39, 0.29) is 12.0 Å².